The van der Waals surface area contributed by atoms with Crippen LogP contribution in [0, 0.1) is 0 Å². The van der Waals surface area contributed by atoms with Crippen molar-refractivity contribution in [1.82, 2.24) is 9.97 Å². The van der Waals surface area contributed by atoms with Crippen LogP contribution in [0.15, 0.2) is 0 Å². The van der Waals surface area contributed by atoms with Crippen molar-refractivity contribution in [3.05, 3.63) is 10.6 Å². The highest BCUT2D eigenvalue weighted by atomic mass is 32.1. The Labute approximate surface area is 137 Å². The predicted molar refractivity (Wildman–Crippen MR) is 90.8 cm³/mol. The predicted octanol–water partition coefficient (Wildman–Crippen LogP) is 1.49. The molecule has 7 nitrogen and oxygen atoms in total. The quantitative estimate of drug-likeness (QED) is 0.876. The average Bonchev–Trinajstić information content (AvgIpc) is 2.86. The van der Waals surface area contributed by atoms with Crippen LogP contribution in [0.1, 0.15) is 41.6 Å². The smallest absolute Gasteiger partial charge is 0.260 e. The first kappa shape index (κ1) is 15.7. The van der Waals surface area contributed by atoms with Gasteiger partial charge in [-0.05, 0) is 6.42 Å². The number of hydrogen-bond donors (Lipinski definition) is 2. The Bertz CT molecular complexity index is 776. The molecule has 0 unspecified atom stereocenters. The van der Waals surface area contributed by atoms with Crippen LogP contribution in [0.3, 0.4) is 0 Å². The average molecular weight is 333 g/mol. The summed E-state index contributed by atoms with van der Waals surface area (Å²) < 4.78 is 0. The number of nitrogens with two attached hydrogens (primary N) is 2. The maximum absolute atomic E-state index is 11.5. The molecular weight excluding hydrogens is 314 g/mol. The molecule has 2 aromatic heterocycles. The standard InChI is InChI=1S/C15H19N5O2S/c1-2-3-9-10-11(16)12(13(17)22)23-14(10)19-15(18-9)20-6-4-8(21)5-7-20/h2-7,16H2,1H3,(H2,17,22). The number of carbonyl (C=O) groups is 2. The summed E-state index contributed by atoms with van der Waals surface area (Å²) in [6.07, 6.45) is 2.69. The van der Waals surface area contributed by atoms with E-state index >= 15 is 0 Å². The van der Waals surface area contributed by atoms with Gasteiger partial charge in [-0.25, -0.2) is 9.97 Å². The van der Waals surface area contributed by atoms with E-state index in [0.717, 1.165) is 23.9 Å². The van der Waals surface area contributed by atoms with Gasteiger partial charge in [0.15, 0.2) is 0 Å². The van der Waals surface area contributed by atoms with Gasteiger partial charge in [-0.2, -0.15) is 0 Å². The van der Waals surface area contributed by atoms with E-state index < -0.39 is 5.91 Å². The molecule has 3 heterocycles. The Morgan fingerprint density at radius 1 is 1.30 bits per heavy atom. The van der Waals surface area contributed by atoms with Gasteiger partial charge in [0.25, 0.3) is 5.91 Å². The number of ketones is 1. The van der Waals surface area contributed by atoms with Gasteiger partial charge in [0.2, 0.25) is 5.95 Å². The second kappa shape index (κ2) is 6.11. The van der Waals surface area contributed by atoms with E-state index in [1.165, 1.54) is 11.3 Å². The monoisotopic (exact) mass is 333 g/mol. The van der Waals surface area contributed by atoms with Crippen molar-refractivity contribution >= 4 is 44.9 Å². The molecule has 0 spiro atoms. The van der Waals surface area contributed by atoms with Gasteiger partial charge in [0.1, 0.15) is 15.5 Å². The third-order valence-corrected chi connectivity index (χ3v) is 5.08. The second-order valence-corrected chi connectivity index (χ2v) is 6.63. The highest BCUT2D eigenvalue weighted by Crippen LogP contribution is 2.35. The molecule has 0 aromatic carbocycles. The fourth-order valence-electron chi connectivity index (χ4n) is 2.78. The van der Waals surface area contributed by atoms with Crippen LogP contribution in [0.5, 0.6) is 0 Å². The molecule has 0 saturated carbocycles. The molecule has 122 valence electrons. The number of thiophene rings is 1. The lowest BCUT2D eigenvalue weighted by atomic mass is 10.1. The molecule has 1 fully saturated rings. The first-order valence-electron chi connectivity index (χ1n) is 7.66. The number of primary amides is 1. The zero-order valence-electron chi connectivity index (χ0n) is 13.0. The fraction of sp³-hybridized carbons (Fsp3) is 0.467. The zero-order chi connectivity index (χ0) is 16.6. The van der Waals surface area contributed by atoms with Gasteiger partial charge in [-0.3, -0.25) is 9.59 Å². The number of hydrogen-bond acceptors (Lipinski definition) is 7. The summed E-state index contributed by atoms with van der Waals surface area (Å²) in [5.41, 5.74) is 12.7. The van der Waals surface area contributed by atoms with E-state index in [-0.39, 0.29) is 5.78 Å². The van der Waals surface area contributed by atoms with Gasteiger partial charge in [-0.1, -0.05) is 13.3 Å². The second-order valence-electron chi connectivity index (χ2n) is 5.64. The zero-order valence-corrected chi connectivity index (χ0v) is 13.8. The number of aromatic nitrogens is 2. The highest BCUT2D eigenvalue weighted by molar-refractivity contribution is 7.21. The van der Waals surface area contributed by atoms with Crippen LogP contribution in [-0.2, 0) is 11.2 Å². The van der Waals surface area contributed by atoms with Crippen LogP contribution in [-0.4, -0.2) is 34.7 Å². The van der Waals surface area contributed by atoms with E-state index in [2.05, 4.69) is 16.9 Å². The number of nitrogen functional groups attached to an aromatic ring is 1. The molecule has 8 heteroatoms. The molecule has 1 aliphatic heterocycles. The summed E-state index contributed by atoms with van der Waals surface area (Å²) in [5, 5.41) is 0.738. The van der Waals surface area contributed by atoms with Crippen molar-refractivity contribution in [2.75, 3.05) is 23.7 Å². The SMILES string of the molecule is CCCc1nc(N2CCC(=O)CC2)nc2sc(C(N)=O)c(N)c12. The van der Waals surface area contributed by atoms with Gasteiger partial charge in [0, 0.05) is 25.9 Å². The van der Waals surface area contributed by atoms with Crippen LogP contribution in [0.2, 0.25) is 0 Å². The van der Waals surface area contributed by atoms with E-state index in [9.17, 15) is 9.59 Å². The first-order chi connectivity index (χ1) is 11.0. The molecule has 2 aromatic rings. The molecule has 4 N–H and O–H groups in total. The molecule has 0 atom stereocenters. The highest BCUT2D eigenvalue weighted by Gasteiger charge is 2.23. The number of nitrogens with zero attached hydrogens (tertiary/aromatic N) is 3. The summed E-state index contributed by atoms with van der Waals surface area (Å²) in [7, 11) is 0. The molecule has 1 saturated heterocycles. The normalized spacial score (nSPS) is 15.3. The molecule has 0 bridgehead atoms. The molecule has 0 radical (unpaired) electrons. The summed E-state index contributed by atoms with van der Waals surface area (Å²) in [5.74, 6) is 0.330. The first-order valence-corrected chi connectivity index (χ1v) is 8.48. The number of anilines is 2. The third-order valence-electron chi connectivity index (χ3n) is 3.97. The van der Waals surface area contributed by atoms with Crippen LogP contribution in [0.25, 0.3) is 10.2 Å². The number of amides is 1. The van der Waals surface area contributed by atoms with E-state index in [1.807, 2.05) is 4.90 Å². The lowest BCUT2D eigenvalue weighted by Crippen LogP contribution is -2.35. The minimum Gasteiger partial charge on any atom is -0.397 e. The van der Waals surface area contributed by atoms with Crippen LogP contribution >= 0.6 is 11.3 Å². The van der Waals surface area contributed by atoms with Crippen molar-refractivity contribution in [2.24, 2.45) is 5.73 Å². The summed E-state index contributed by atoms with van der Waals surface area (Å²) in [4.78, 5) is 35.2. The Kier molecular flexibility index (Phi) is 4.16. The van der Waals surface area contributed by atoms with E-state index in [4.69, 9.17) is 11.5 Å². The summed E-state index contributed by atoms with van der Waals surface area (Å²) in [6.45, 7) is 3.31. The summed E-state index contributed by atoms with van der Waals surface area (Å²) in [6, 6.07) is 0. The van der Waals surface area contributed by atoms with Crippen LogP contribution < -0.4 is 16.4 Å². The van der Waals surface area contributed by atoms with Crippen LogP contribution in [0.4, 0.5) is 11.6 Å². The number of fused-ring (bicyclic) bond motifs is 1. The van der Waals surface area contributed by atoms with Crippen molar-refractivity contribution in [3.63, 3.8) is 0 Å². The topological polar surface area (TPSA) is 115 Å². The van der Waals surface area contributed by atoms with Crippen molar-refractivity contribution in [2.45, 2.75) is 32.6 Å². The molecule has 3 rings (SSSR count). The van der Waals surface area contributed by atoms with E-state index in [1.54, 1.807) is 0 Å². The molecule has 1 aliphatic rings. The number of aryl methyl sites for hydroxylation is 1. The maximum atomic E-state index is 11.5. The van der Waals surface area contributed by atoms with E-state index in [0.29, 0.717) is 47.3 Å². The van der Waals surface area contributed by atoms with Gasteiger partial charge >= 0.3 is 0 Å². The largest absolute Gasteiger partial charge is 0.397 e. The van der Waals surface area contributed by atoms with Crippen molar-refractivity contribution in [3.8, 4) is 0 Å². The Morgan fingerprint density at radius 3 is 2.61 bits per heavy atom. The summed E-state index contributed by atoms with van der Waals surface area (Å²) >= 11 is 1.21. The van der Waals surface area contributed by atoms with Crippen molar-refractivity contribution in [1.29, 1.82) is 0 Å². The van der Waals surface area contributed by atoms with Gasteiger partial charge in [0.05, 0.1) is 16.8 Å². The fourth-order valence-corrected chi connectivity index (χ4v) is 3.74. The Hall–Kier alpha value is -2.22. The number of carbonyl (C=O) groups excluding carboxylic acids is 2. The van der Waals surface area contributed by atoms with Gasteiger partial charge in [-0.15, -0.1) is 11.3 Å². The number of piperidine rings is 1. The number of Topliss-reactive ketones (excluding diaryl/α,β-unsaturated/α-hetero) is 1. The Morgan fingerprint density at radius 2 is 2.00 bits per heavy atom. The Balaban J connectivity index is 2.10. The molecular formula is C15H19N5O2S. The minimum atomic E-state index is -0.543. The minimum absolute atomic E-state index is 0.271. The molecule has 1 amide bonds. The molecule has 23 heavy (non-hydrogen) atoms. The lowest BCUT2D eigenvalue weighted by molar-refractivity contribution is -0.119. The van der Waals surface area contributed by atoms with Crippen molar-refractivity contribution < 1.29 is 9.59 Å². The number of rotatable bonds is 4. The third kappa shape index (κ3) is 2.86. The lowest BCUT2D eigenvalue weighted by Gasteiger charge is -2.26. The molecule has 0 aliphatic carbocycles. The van der Waals surface area contributed by atoms with Gasteiger partial charge < -0.3 is 16.4 Å². The maximum Gasteiger partial charge on any atom is 0.260 e.